The summed E-state index contributed by atoms with van der Waals surface area (Å²) in [7, 11) is -4.02. The van der Waals surface area contributed by atoms with Gasteiger partial charge in [-0.3, -0.25) is 9.69 Å². The van der Waals surface area contributed by atoms with Crippen LogP contribution >= 0.6 is 11.6 Å². The van der Waals surface area contributed by atoms with Crippen molar-refractivity contribution in [2.45, 2.75) is 53.3 Å². The van der Waals surface area contributed by atoms with Crippen LogP contribution in [-0.2, 0) is 14.6 Å². The number of halogens is 4. The largest absolute Gasteiger partial charge is 0.338 e. The van der Waals surface area contributed by atoms with Gasteiger partial charge in [-0.1, -0.05) is 11.6 Å². The second-order valence-corrected chi connectivity index (χ2v) is 10.9. The Kier molecular flexibility index (Phi) is 5.07. The third kappa shape index (κ3) is 3.79. The van der Waals surface area contributed by atoms with E-state index in [1.54, 1.807) is 0 Å². The highest BCUT2D eigenvalue weighted by Gasteiger charge is 2.55. The first kappa shape index (κ1) is 21.4. The van der Waals surface area contributed by atoms with Crippen LogP contribution in [0.2, 0.25) is 5.02 Å². The number of hydrogen-bond donors (Lipinski definition) is 1. The molecule has 162 valence electrons. The maximum absolute atomic E-state index is 13.4. The van der Waals surface area contributed by atoms with Crippen LogP contribution in [0.15, 0.2) is 23.1 Å². The lowest BCUT2D eigenvalue weighted by Gasteiger charge is -2.44. The van der Waals surface area contributed by atoms with Crippen LogP contribution in [0.5, 0.6) is 0 Å². The molecule has 3 atom stereocenters. The van der Waals surface area contributed by atoms with Crippen molar-refractivity contribution >= 4 is 27.3 Å². The highest BCUT2D eigenvalue weighted by molar-refractivity contribution is 7.92. The molecule has 3 fully saturated rings. The molecule has 0 unspecified atom stereocenters. The first-order chi connectivity index (χ1) is 14.0. The van der Waals surface area contributed by atoms with Gasteiger partial charge in [0.05, 0.1) is 40.2 Å². The third-order valence-corrected chi connectivity index (χ3v) is 8.78. The number of nitrogens with one attached hydrogen (secondary N) is 1. The van der Waals surface area contributed by atoms with Gasteiger partial charge in [0.15, 0.2) is 9.84 Å². The number of alkyl halides is 2. The number of amides is 1. The Labute approximate surface area is 176 Å². The van der Waals surface area contributed by atoms with E-state index in [-0.39, 0.29) is 22.8 Å². The van der Waals surface area contributed by atoms with Gasteiger partial charge >= 0.3 is 0 Å². The van der Waals surface area contributed by atoms with Crippen molar-refractivity contribution in [3.05, 3.63) is 29.0 Å². The van der Waals surface area contributed by atoms with Gasteiger partial charge in [-0.05, 0) is 43.9 Å². The van der Waals surface area contributed by atoms with Gasteiger partial charge in [-0.15, -0.1) is 0 Å². The molecule has 11 heteroatoms. The van der Waals surface area contributed by atoms with Crippen molar-refractivity contribution in [3.63, 3.8) is 0 Å². The highest BCUT2D eigenvalue weighted by atomic mass is 35.5. The Morgan fingerprint density at radius 3 is 2.47 bits per heavy atom. The minimum atomic E-state index is -4.02. The molecule has 1 amide bonds. The number of carbonyl (C=O) groups is 1. The fourth-order valence-electron chi connectivity index (χ4n) is 4.30. The molecule has 1 aromatic carbocycles. The van der Waals surface area contributed by atoms with Crippen LogP contribution in [-0.4, -0.2) is 55.1 Å². The molecule has 1 saturated heterocycles. The zero-order valence-corrected chi connectivity index (χ0v) is 17.3. The molecule has 1 heterocycles. The van der Waals surface area contributed by atoms with Crippen LogP contribution < -0.4 is 5.32 Å². The van der Waals surface area contributed by atoms with E-state index >= 15 is 0 Å². The molecule has 1 N–H and O–H groups in total. The maximum Gasteiger partial charge on any atom is 0.272 e. The van der Waals surface area contributed by atoms with Crippen molar-refractivity contribution in [1.82, 2.24) is 10.2 Å². The minimum absolute atomic E-state index is 0.0240. The third-order valence-electron chi connectivity index (χ3n) is 6.13. The average Bonchev–Trinajstić information content (AvgIpc) is 3.25. The number of sulfone groups is 1. The van der Waals surface area contributed by atoms with Crippen LogP contribution in [0, 0.1) is 23.1 Å². The van der Waals surface area contributed by atoms with E-state index in [0.717, 1.165) is 18.2 Å². The fraction of sp³-hybridized carbons (Fsp3) is 0.579. The molecule has 0 aromatic heterocycles. The Hall–Kier alpha value is -1.83. The Morgan fingerprint density at radius 2 is 1.93 bits per heavy atom. The number of nitrogens with zero attached hydrogens (tertiary/aromatic N) is 2. The summed E-state index contributed by atoms with van der Waals surface area (Å²) in [5.41, 5.74) is -0.947. The van der Waals surface area contributed by atoms with Gasteiger partial charge in [0, 0.05) is 6.04 Å². The summed E-state index contributed by atoms with van der Waals surface area (Å²) in [6.07, 6.45) is 0.891. The van der Waals surface area contributed by atoms with E-state index < -0.39 is 63.3 Å². The Bertz CT molecular complexity index is 1030. The molecule has 30 heavy (non-hydrogen) atoms. The summed E-state index contributed by atoms with van der Waals surface area (Å²) in [5.74, 6) is -4.92. The van der Waals surface area contributed by atoms with Gasteiger partial charge in [0.25, 0.3) is 5.92 Å². The van der Waals surface area contributed by atoms with Crippen molar-refractivity contribution in [2.75, 3.05) is 13.1 Å². The average molecular weight is 462 g/mol. The molecule has 2 saturated carbocycles. The molecular weight excluding hydrogens is 443 g/mol. The van der Waals surface area contributed by atoms with Crippen molar-refractivity contribution in [1.29, 1.82) is 5.26 Å². The van der Waals surface area contributed by atoms with E-state index in [1.165, 1.54) is 4.90 Å². The number of hydrogen-bond acceptors (Lipinski definition) is 5. The molecular formula is C19H19ClF3N3O3S. The normalized spacial score (nSPS) is 29.6. The molecule has 4 rings (SSSR count). The maximum atomic E-state index is 13.4. The van der Waals surface area contributed by atoms with Crippen LogP contribution in [0.25, 0.3) is 0 Å². The lowest BCUT2D eigenvalue weighted by molar-refractivity contribution is -0.155. The second kappa shape index (κ2) is 7.11. The number of rotatable bonds is 5. The number of benzene rings is 1. The first-order valence-electron chi connectivity index (χ1n) is 9.50. The second-order valence-electron chi connectivity index (χ2n) is 8.33. The number of nitriles is 1. The topological polar surface area (TPSA) is 90.3 Å². The van der Waals surface area contributed by atoms with Crippen LogP contribution in [0.3, 0.4) is 0 Å². The van der Waals surface area contributed by atoms with Gasteiger partial charge in [0.1, 0.15) is 11.4 Å². The van der Waals surface area contributed by atoms with Crippen molar-refractivity contribution in [2.24, 2.45) is 5.92 Å². The van der Waals surface area contributed by atoms with Gasteiger partial charge in [0.2, 0.25) is 5.91 Å². The quantitative estimate of drug-likeness (QED) is 0.680. The number of carbonyl (C=O) groups excluding carboxylic acids is 1. The highest BCUT2D eigenvalue weighted by Crippen LogP contribution is 2.43. The fourth-order valence-corrected chi connectivity index (χ4v) is 6.64. The zero-order chi connectivity index (χ0) is 21.9. The summed E-state index contributed by atoms with van der Waals surface area (Å²) in [6, 6.07) is 4.29. The van der Waals surface area contributed by atoms with Gasteiger partial charge < -0.3 is 5.32 Å². The van der Waals surface area contributed by atoms with Gasteiger partial charge in [-0.2, -0.15) is 5.26 Å². The molecule has 0 spiro atoms. The minimum Gasteiger partial charge on any atom is -0.338 e. The number of likely N-dealkylation sites (tertiary alicyclic amines) is 1. The smallest absolute Gasteiger partial charge is 0.272 e. The summed E-state index contributed by atoms with van der Waals surface area (Å²) >= 11 is 5.94. The monoisotopic (exact) mass is 461 g/mol. The molecule has 2 aliphatic carbocycles. The Morgan fingerprint density at radius 1 is 1.27 bits per heavy atom. The zero-order valence-electron chi connectivity index (χ0n) is 15.7. The van der Waals surface area contributed by atoms with Crippen molar-refractivity contribution in [3.8, 4) is 6.07 Å². The van der Waals surface area contributed by atoms with E-state index in [2.05, 4.69) is 5.32 Å². The van der Waals surface area contributed by atoms with E-state index in [0.29, 0.717) is 12.8 Å². The van der Waals surface area contributed by atoms with E-state index in [1.807, 2.05) is 6.07 Å². The van der Waals surface area contributed by atoms with Crippen molar-refractivity contribution < 1.29 is 26.4 Å². The molecule has 0 bridgehead atoms. The van der Waals surface area contributed by atoms with E-state index in [9.17, 15) is 31.6 Å². The lowest BCUT2D eigenvalue weighted by atomic mass is 9.96. The van der Waals surface area contributed by atoms with Crippen LogP contribution in [0.4, 0.5) is 13.2 Å². The predicted octanol–water partition coefficient (Wildman–Crippen LogP) is 2.52. The summed E-state index contributed by atoms with van der Waals surface area (Å²) in [4.78, 5) is 14.0. The molecule has 6 nitrogen and oxygen atoms in total. The SMILES string of the molecule is N#CC1(NC(=O)[C@@H]2C[C@@H](S(=O)(=O)c3ccc(F)cc3Cl)C[C@H]2N2CC(F)(F)C2)CC1. The first-order valence-corrected chi connectivity index (χ1v) is 11.4. The summed E-state index contributed by atoms with van der Waals surface area (Å²) < 4.78 is 66.5. The lowest BCUT2D eigenvalue weighted by Crippen LogP contribution is -2.62. The predicted molar refractivity (Wildman–Crippen MR) is 101 cm³/mol. The molecule has 3 aliphatic rings. The molecule has 1 aliphatic heterocycles. The van der Waals surface area contributed by atoms with E-state index in [4.69, 9.17) is 11.6 Å². The summed E-state index contributed by atoms with van der Waals surface area (Å²) in [5, 5.41) is 10.6. The molecule has 1 aromatic rings. The van der Waals surface area contributed by atoms with Crippen LogP contribution in [0.1, 0.15) is 25.7 Å². The summed E-state index contributed by atoms with van der Waals surface area (Å²) in [6.45, 7) is -1.09. The van der Waals surface area contributed by atoms with Gasteiger partial charge in [-0.25, -0.2) is 21.6 Å². The standard InChI is InChI=1S/C19H19ClF3N3O3S/c20-14-5-11(21)1-2-16(14)30(28,29)12-6-13(17(27)25-18(8-24)3-4-18)15(7-12)26-9-19(22,23)10-26/h1-2,5,12-13,15H,3-4,6-7,9-10H2,(H,25,27)/t12-,13-,15-/m1/s1. The molecule has 0 radical (unpaired) electrons. The Balaban J connectivity index is 1.59.